The van der Waals surface area contributed by atoms with Crippen molar-refractivity contribution in [2.45, 2.75) is 6.54 Å². The SMILES string of the molecule is O=c1/c(=C/c2cn(Cc3ccccc3F)c3ccccc23)sc2nc3cccnc3n12. The van der Waals surface area contributed by atoms with E-state index in [4.69, 9.17) is 0 Å². The van der Waals surface area contributed by atoms with Crippen LogP contribution in [0.25, 0.3) is 33.1 Å². The zero-order valence-corrected chi connectivity index (χ0v) is 17.0. The zero-order valence-electron chi connectivity index (χ0n) is 16.2. The molecule has 0 unspecified atom stereocenters. The molecule has 4 aromatic heterocycles. The number of thiazole rings is 1. The molecule has 0 amide bonds. The zero-order chi connectivity index (χ0) is 20.9. The molecule has 6 rings (SSSR count). The molecule has 0 N–H and O–H groups in total. The third-order valence-electron chi connectivity index (χ3n) is 5.40. The third-order valence-corrected chi connectivity index (χ3v) is 6.37. The smallest absolute Gasteiger partial charge is 0.276 e. The summed E-state index contributed by atoms with van der Waals surface area (Å²) in [6, 6.07) is 18.4. The highest BCUT2D eigenvalue weighted by atomic mass is 32.1. The van der Waals surface area contributed by atoms with E-state index in [-0.39, 0.29) is 11.4 Å². The van der Waals surface area contributed by atoms with Crippen LogP contribution in [0.5, 0.6) is 0 Å². The van der Waals surface area contributed by atoms with Gasteiger partial charge in [-0.3, -0.25) is 4.79 Å². The summed E-state index contributed by atoms with van der Waals surface area (Å²) in [6.45, 7) is 0.410. The highest BCUT2D eigenvalue weighted by molar-refractivity contribution is 7.15. The topological polar surface area (TPSA) is 52.2 Å². The van der Waals surface area contributed by atoms with Crippen molar-refractivity contribution in [3.63, 3.8) is 0 Å². The summed E-state index contributed by atoms with van der Waals surface area (Å²) in [5, 5.41) is 1.01. The summed E-state index contributed by atoms with van der Waals surface area (Å²) >= 11 is 1.34. The number of halogens is 1. The number of hydrogen-bond donors (Lipinski definition) is 0. The molecule has 0 aliphatic carbocycles. The second kappa shape index (κ2) is 6.85. The van der Waals surface area contributed by atoms with Crippen LogP contribution in [0.15, 0.2) is 77.9 Å². The fourth-order valence-corrected chi connectivity index (χ4v) is 4.92. The molecule has 0 atom stereocenters. The minimum absolute atomic E-state index is 0.132. The number of para-hydroxylation sites is 1. The Balaban J connectivity index is 1.54. The molecule has 150 valence electrons. The number of fused-ring (bicyclic) bond motifs is 4. The van der Waals surface area contributed by atoms with Crippen molar-refractivity contribution >= 4 is 44.4 Å². The fourth-order valence-electron chi connectivity index (χ4n) is 3.96. The van der Waals surface area contributed by atoms with Gasteiger partial charge in [-0.2, -0.15) is 0 Å². The van der Waals surface area contributed by atoms with Crippen LogP contribution in [0.4, 0.5) is 4.39 Å². The van der Waals surface area contributed by atoms with E-state index in [2.05, 4.69) is 9.97 Å². The van der Waals surface area contributed by atoms with Crippen LogP contribution in [0.1, 0.15) is 11.1 Å². The van der Waals surface area contributed by atoms with Gasteiger partial charge in [0.2, 0.25) is 0 Å². The van der Waals surface area contributed by atoms with Gasteiger partial charge >= 0.3 is 0 Å². The first-order valence-corrected chi connectivity index (χ1v) is 10.6. The molecular formula is C24H15FN4OS. The summed E-state index contributed by atoms with van der Waals surface area (Å²) in [6.07, 6.45) is 5.51. The average molecular weight is 426 g/mol. The van der Waals surface area contributed by atoms with Crippen molar-refractivity contribution in [1.82, 2.24) is 18.9 Å². The monoisotopic (exact) mass is 426 g/mol. The molecule has 0 bridgehead atoms. The van der Waals surface area contributed by atoms with Crippen molar-refractivity contribution in [1.29, 1.82) is 0 Å². The quantitative estimate of drug-likeness (QED) is 0.430. The van der Waals surface area contributed by atoms with Crippen LogP contribution in [0.2, 0.25) is 0 Å². The van der Waals surface area contributed by atoms with Gasteiger partial charge in [-0.05, 0) is 30.3 Å². The first-order valence-electron chi connectivity index (χ1n) is 9.78. The van der Waals surface area contributed by atoms with E-state index in [1.165, 1.54) is 17.4 Å². The number of aromatic nitrogens is 4. The third kappa shape index (κ3) is 2.85. The van der Waals surface area contributed by atoms with Crippen molar-refractivity contribution in [2.75, 3.05) is 0 Å². The molecule has 7 heteroatoms. The number of rotatable bonds is 3. The molecule has 2 aromatic carbocycles. The van der Waals surface area contributed by atoms with Gasteiger partial charge in [0, 0.05) is 34.4 Å². The van der Waals surface area contributed by atoms with Crippen molar-refractivity contribution in [3.05, 3.63) is 105 Å². The number of benzene rings is 2. The molecule has 0 spiro atoms. The van der Waals surface area contributed by atoms with Gasteiger partial charge in [-0.1, -0.05) is 47.7 Å². The number of imidazole rings is 1. The minimum atomic E-state index is -0.230. The maximum atomic E-state index is 14.2. The van der Waals surface area contributed by atoms with E-state index in [0.717, 1.165) is 16.5 Å². The summed E-state index contributed by atoms with van der Waals surface area (Å²) in [5.74, 6) is -0.230. The Morgan fingerprint density at radius 1 is 1.03 bits per heavy atom. The van der Waals surface area contributed by atoms with Gasteiger partial charge in [-0.25, -0.2) is 18.8 Å². The molecule has 6 aromatic rings. The molecular weight excluding hydrogens is 411 g/mol. The molecule has 0 saturated heterocycles. The Morgan fingerprint density at radius 2 is 1.87 bits per heavy atom. The first kappa shape index (κ1) is 18.0. The Hall–Kier alpha value is -3.84. The van der Waals surface area contributed by atoms with Crippen LogP contribution in [-0.4, -0.2) is 18.9 Å². The summed E-state index contributed by atoms with van der Waals surface area (Å²) in [7, 11) is 0. The van der Waals surface area contributed by atoms with Crippen LogP contribution < -0.4 is 10.1 Å². The molecule has 0 aliphatic rings. The van der Waals surface area contributed by atoms with Crippen molar-refractivity contribution in [3.8, 4) is 0 Å². The predicted molar refractivity (Wildman–Crippen MR) is 121 cm³/mol. The molecule has 0 fully saturated rings. The van der Waals surface area contributed by atoms with Gasteiger partial charge in [0.05, 0.1) is 11.1 Å². The van der Waals surface area contributed by atoms with E-state index >= 15 is 0 Å². The van der Waals surface area contributed by atoms with E-state index in [1.807, 2.05) is 53.2 Å². The predicted octanol–water partition coefficient (Wildman–Crippen LogP) is 3.99. The van der Waals surface area contributed by atoms with Gasteiger partial charge in [0.1, 0.15) is 11.3 Å². The summed E-state index contributed by atoms with van der Waals surface area (Å²) in [4.78, 5) is 22.6. The Kier molecular flexibility index (Phi) is 3.97. The maximum absolute atomic E-state index is 14.2. The van der Waals surface area contributed by atoms with Crippen molar-refractivity contribution < 1.29 is 4.39 Å². The van der Waals surface area contributed by atoms with Gasteiger partial charge < -0.3 is 4.57 Å². The largest absolute Gasteiger partial charge is 0.342 e. The number of hydrogen-bond acceptors (Lipinski definition) is 4. The van der Waals surface area contributed by atoms with E-state index in [9.17, 15) is 9.18 Å². The van der Waals surface area contributed by atoms with E-state index in [1.54, 1.807) is 28.8 Å². The fraction of sp³-hybridized carbons (Fsp3) is 0.0417. The van der Waals surface area contributed by atoms with Gasteiger partial charge in [0.25, 0.3) is 5.56 Å². The Morgan fingerprint density at radius 3 is 2.77 bits per heavy atom. The van der Waals surface area contributed by atoms with Crippen LogP contribution in [0, 0.1) is 5.82 Å². The van der Waals surface area contributed by atoms with Crippen LogP contribution in [0.3, 0.4) is 0 Å². The summed E-state index contributed by atoms with van der Waals surface area (Å²) in [5.41, 5.74) is 3.65. The Labute approximate surface area is 179 Å². The lowest BCUT2D eigenvalue weighted by atomic mass is 10.2. The van der Waals surface area contributed by atoms with Gasteiger partial charge in [-0.15, -0.1) is 0 Å². The Bertz CT molecular complexity index is 1710. The molecule has 31 heavy (non-hydrogen) atoms. The lowest BCUT2D eigenvalue weighted by Gasteiger charge is -2.06. The normalized spacial score (nSPS) is 12.5. The molecule has 4 heterocycles. The highest BCUT2D eigenvalue weighted by Gasteiger charge is 2.13. The molecule has 0 aliphatic heterocycles. The first-order chi connectivity index (χ1) is 15.2. The lowest BCUT2D eigenvalue weighted by Crippen LogP contribution is -2.22. The molecule has 5 nitrogen and oxygen atoms in total. The second-order valence-electron chi connectivity index (χ2n) is 7.31. The highest BCUT2D eigenvalue weighted by Crippen LogP contribution is 2.24. The van der Waals surface area contributed by atoms with E-state index in [0.29, 0.717) is 32.8 Å². The molecule has 0 saturated carbocycles. The lowest BCUT2D eigenvalue weighted by molar-refractivity contribution is 0.602. The van der Waals surface area contributed by atoms with Crippen LogP contribution in [-0.2, 0) is 6.54 Å². The second-order valence-corrected chi connectivity index (χ2v) is 8.32. The van der Waals surface area contributed by atoms with Crippen molar-refractivity contribution in [2.24, 2.45) is 0 Å². The van der Waals surface area contributed by atoms with Gasteiger partial charge in [0.15, 0.2) is 10.6 Å². The van der Waals surface area contributed by atoms with E-state index < -0.39 is 0 Å². The maximum Gasteiger partial charge on any atom is 0.276 e. The minimum Gasteiger partial charge on any atom is -0.342 e. The number of pyridine rings is 1. The summed E-state index contributed by atoms with van der Waals surface area (Å²) < 4.78 is 18.4. The number of nitrogens with zero attached hydrogens (tertiary/aromatic N) is 4. The molecule has 0 radical (unpaired) electrons. The standard InChI is InChI=1S/C24H15FN4OS/c25-18-8-3-1-6-15(18)13-28-14-16(17-7-2-4-10-20(17)28)12-21-23(30)29-22-19(9-5-11-26-22)27-24(29)31-21/h1-12,14H,13H2/b21-12-. The average Bonchev–Trinajstić information content (AvgIpc) is 3.42. The van der Waals surface area contributed by atoms with Crippen LogP contribution >= 0.6 is 11.3 Å².